The maximum absolute atomic E-state index is 6.13. The molecule has 1 aromatic rings. The minimum absolute atomic E-state index is 0.0566. The molecule has 0 spiro atoms. The Labute approximate surface area is 99.4 Å². The average Bonchev–Trinajstić information content (AvgIpc) is 2.09. The number of pyridine rings is 1. The van der Waals surface area contributed by atoms with Crippen LogP contribution in [0.4, 0.5) is 0 Å². The van der Waals surface area contributed by atoms with E-state index in [1.165, 1.54) is 0 Å². The molecular formula is C10H12Cl3N. The van der Waals surface area contributed by atoms with E-state index in [9.17, 15) is 0 Å². The third-order valence-corrected chi connectivity index (χ3v) is 3.19. The Morgan fingerprint density at radius 1 is 1.36 bits per heavy atom. The van der Waals surface area contributed by atoms with Gasteiger partial charge in [0.15, 0.2) is 0 Å². The lowest BCUT2D eigenvalue weighted by Gasteiger charge is -2.13. The van der Waals surface area contributed by atoms with Crippen LogP contribution in [-0.4, -0.2) is 10.4 Å². The molecule has 0 aromatic carbocycles. The van der Waals surface area contributed by atoms with Crippen molar-refractivity contribution in [3.63, 3.8) is 0 Å². The second-order valence-electron chi connectivity index (χ2n) is 3.55. The summed E-state index contributed by atoms with van der Waals surface area (Å²) in [6.45, 7) is 4.14. The van der Waals surface area contributed by atoms with Gasteiger partial charge in [0, 0.05) is 18.0 Å². The number of halogens is 3. The van der Waals surface area contributed by atoms with Crippen molar-refractivity contribution in [2.45, 2.75) is 25.6 Å². The number of rotatable bonds is 3. The van der Waals surface area contributed by atoms with E-state index in [0.29, 0.717) is 22.4 Å². The van der Waals surface area contributed by atoms with Crippen molar-refractivity contribution < 1.29 is 0 Å². The fourth-order valence-corrected chi connectivity index (χ4v) is 1.62. The van der Waals surface area contributed by atoms with Crippen molar-refractivity contribution in [2.75, 3.05) is 0 Å². The molecule has 4 heteroatoms. The Balaban J connectivity index is 2.77. The van der Waals surface area contributed by atoms with Crippen LogP contribution in [-0.2, 0) is 6.42 Å². The molecule has 1 atom stereocenters. The van der Waals surface area contributed by atoms with E-state index >= 15 is 0 Å². The van der Waals surface area contributed by atoms with E-state index in [-0.39, 0.29) is 5.38 Å². The van der Waals surface area contributed by atoms with E-state index in [1.54, 1.807) is 12.3 Å². The fourth-order valence-electron chi connectivity index (χ4n) is 1.01. The minimum atomic E-state index is 0.0566. The monoisotopic (exact) mass is 251 g/mol. The summed E-state index contributed by atoms with van der Waals surface area (Å²) in [6, 6.07) is 1.69. The molecule has 1 nitrogen and oxygen atoms in total. The highest BCUT2D eigenvalue weighted by Gasteiger charge is 2.13. The first-order chi connectivity index (χ1) is 6.50. The predicted molar refractivity (Wildman–Crippen MR) is 62.4 cm³/mol. The van der Waals surface area contributed by atoms with Gasteiger partial charge in [-0.1, -0.05) is 37.0 Å². The summed E-state index contributed by atoms with van der Waals surface area (Å²) >= 11 is 17.8. The molecule has 14 heavy (non-hydrogen) atoms. The van der Waals surface area contributed by atoms with Gasteiger partial charge in [-0.25, -0.2) is 0 Å². The first-order valence-corrected chi connectivity index (χ1v) is 5.64. The molecule has 0 radical (unpaired) electrons. The standard InChI is InChI=1S/C10H12Cl3N/c1-6(2)8(12)4-10-9(13)3-7(11)5-14-10/h3,5-6,8H,4H2,1-2H3. The van der Waals surface area contributed by atoms with Gasteiger partial charge in [-0.2, -0.15) is 0 Å². The van der Waals surface area contributed by atoms with Crippen LogP contribution in [0.5, 0.6) is 0 Å². The van der Waals surface area contributed by atoms with Crippen LogP contribution in [0.3, 0.4) is 0 Å². The van der Waals surface area contributed by atoms with Gasteiger partial charge in [0.25, 0.3) is 0 Å². The molecule has 78 valence electrons. The molecule has 1 heterocycles. The van der Waals surface area contributed by atoms with Gasteiger partial charge < -0.3 is 0 Å². The van der Waals surface area contributed by atoms with E-state index in [4.69, 9.17) is 34.8 Å². The molecule has 0 aliphatic carbocycles. The number of alkyl halides is 1. The molecular weight excluding hydrogens is 240 g/mol. The second-order valence-corrected chi connectivity index (χ2v) is 4.95. The Kier molecular flexibility index (Phi) is 4.49. The van der Waals surface area contributed by atoms with E-state index < -0.39 is 0 Å². The summed E-state index contributed by atoms with van der Waals surface area (Å²) in [5.41, 5.74) is 0.810. The first kappa shape index (κ1) is 12.1. The highest BCUT2D eigenvalue weighted by molar-refractivity contribution is 6.34. The van der Waals surface area contributed by atoms with Crippen molar-refractivity contribution in [3.8, 4) is 0 Å². The fraction of sp³-hybridized carbons (Fsp3) is 0.500. The second kappa shape index (κ2) is 5.20. The van der Waals surface area contributed by atoms with Gasteiger partial charge in [-0.05, 0) is 12.0 Å². The highest BCUT2D eigenvalue weighted by atomic mass is 35.5. The van der Waals surface area contributed by atoms with Crippen molar-refractivity contribution in [2.24, 2.45) is 5.92 Å². The molecule has 1 unspecified atom stereocenters. The maximum Gasteiger partial charge on any atom is 0.0636 e. The average molecular weight is 253 g/mol. The zero-order chi connectivity index (χ0) is 10.7. The Bertz CT molecular complexity index is 312. The van der Waals surface area contributed by atoms with Crippen LogP contribution in [0.2, 0.25) is 10.0 Å². The number of nitrogens with zero attached hydrogens (tertiary/aromatic N) is 1. The Morgan fingerprint density at radius 2 is 2.00 bits per heavy atom. The SMILES string of the molecule is CC(C)C(Cl)Cc1ncc(Cl)cc1Cl. The third-order valence-electron chi connectivity index (χ3n) is 2.00. The molecule has 0 aliphatic heterocycles. The van der Waals surface area contributed by atoms with Crippen LogP contribution >= 0.6 is 34.8 Å². The van der Waals surface area contributed by atoms with Crippen molar-refractivity contribution in [1.82, 2.24) is 4.98 Å². The smallest absolute Gasteiger partial charge is 0.0636 e. The van der Waals surface area contributed by atoms with Crippen molar-refractivity contribution in [1.29, 1.82) is 0 Å². The molecule has 0 saturated carbocycles. The van der Waals surface area contributed by atoms with Gasteiger partial charge in [0.1, 0.15) is 0 Å². The lowest BCUT2D eigenvalue weighted by Crippen LogP contribution is -2.12. The lowest BCUT2D eigenvalue weighted by atomic mass is 10.1. The number of hydrogen-bond acceptors (Lipinski definition) is 1. The number of hydrogen-bond donors (Lipinski definition) is 0. The quantitative estimate of drug-likeness (QED) is 0.735. The summed E-state index contributed by atoms with van der Waals surface area (Å²) in [5, 5.41) is 1.19. The number of aromatic nitrogens is 1. The van der Waals surface area contributed by atoms with Crippen LogP contribution in [0.15, 0.2) is 12.3 Å². The summed E-state index contributed by atoms with van der Waals surface area (Å²) in [5.74, 6) is 0.408. The van der Waals surface area contributed by atoms with Gasteiger partial charge in [-0.15, -0.1) is 11.6 Å². The van der Waals surface area contributed by atoms with Crippen molar-refractivity contribution in [3.05, 3.63) is 28.0 Å². The van der Waals surface area contributed by atoms with Crippen LogP contribution in [0, 0.1) is 5.92 Å². The summed E-state index contributed by atoms with van der Waals surface area (Å²) in [6.07, 6.45) is 2.27. The van der Waals surface area contributed by atoms with Crippen LogP contribution < -0.4 is 0 Å². The Morgan fingerprint density at radius 3 is 2.50 bits per heavy atom. The van der Waals surface area contributed by atoms with Gasteiger partial charge in [0.05, 0.1) is 15.7 Å². The van der Waals surface area contributed by atoms with Gasteiger partial charge in [-0.3, -0.25) is 4.98 Å². The van der Waals surface area contributed by atoms with E-state index in [1.807, 2.05) is 0 Å². The third kappa shape index (κ3) is 3.30. The van der Waals surface area contributed by atoms with Crippen LogP contribution in [0.1, 0.15) is 19.5 Å². The summed E-state index contributed by atoms with van der Waals surface area (Å²) < 4.78 is 0. The van der Waals surface area contributed by atoms with Gasteiger partial charge in [0.2, 0.25) is 0 Å². The molecule has 0 bridgehead atoms. The summed E-state index contributed by atoms with van der Waals surface area (Å²) in [4.78, 5) is 4.15. The topological polar surface area (TPSA) is 12.9 Å². The van der Waals surface area contributed by atoms with Crippen molar-refractivity contribution >= 4 is 34.8 Å². The normalized spacial score (nSPS) is 13.3. The largest absolute Gasteiger partial charge is 0.258 e. The first-order valence-electron chi connectivity index (χ1n) is 4.44. The molecule has 0 saturated heterocycles. The highest BCUT2D eigenvalue weighted by Crippen LogP contribution is 2.22. The predicted octanol–water partition coefficient (Wildman–Crippen LogP) is 4.19. The molecule has 1 aromatic heterocycles. The molecule has 0 aliphatic rings. The zero-order valence-electron chi connectivity index (χ0n) is 8.10. The lowest BCUT2D eigenvalue weighted by molar-refractivity contribution is 0.591. The van der Waals surface area contributed by atoms with Gasteiger partial charge >= 0.3 is 0 Å². The molecule has 0 amide bonds. The molecule has 1 rings (SSSR count). The maximum atomic E-state index is 6.13. The van der Waals surface area contributed by atoms with E-state index in [0.717, 1.165) is 5.69 Å². The molecule has 0 N–H and O–H groups in total. The minimum Gasteiger partial charge on any atom is -0.258 e. The van der Waals surface area contributed by atoms with Crippen LogP contribution in [0.25, 0.3) is 0 Å². The van der Waals surface area contributed by atoms with E-state index in [2.05, 4.69) is 18.8 Å². The zero-order valence-corrected chi connectivity index (χ0v) is 10.4. The Hall–Kier alpha value is 0.0200. The molecule has 0 fully saturated rings. The summed E-state index contributed by atoms with van der Waals surface area (Å²) in [7, 11) is 0.